The van der Waals surface area contributed by atoms with Gasteiger partial charge in [0.15, 0.2) is 5.82 Å². The van der Waals surface area contributed by atoms with Crippen LogP contribution in [0, 0.1) is 3.57 Å². The molecule has 9 heteroatoms. The highest BCUT2D eigenvalue weighted by Gasteiger charge is 2.16. The number of hydrogen-bond acceptors (Lipinski definition) is 4. The molecule has 0 atom stereocenters. The fraction of sp³-hybridized carbons (Fsp3) is 0.222. The number of aromatic nitrogens is 3. The van der Waals surface area contributed by atoms with E-state index in [1.807, 2.05) is 19.9 Å². The second-order valence-corrected chi connectivity index (χ2v) is 8.79. The molecule has 2 aromatic heterocycles. The van der Waals surface area contributed by atoms with Gasteiger partial charge in [-0.25, -0.2) is 9.67 Å². The second kappa shape index (κ2) is 8.24. The highest BCUT2D eigenvalue weighted by molar-refractivity contribution is 14.1. The van der Waals surface area contributed by atoms with Crippen molar-refractivity contribution in [2.24, 2.45) is 0 Å². The number of nitrogens with zero attached hydrogens (tertiary/aromatic N) is 3. The summed E-state index contributed by atoms with van der Waals surface area (Å²) in [5.74, 6) is -0.0840. The number of fused-ring (bicyclic) bond motifs is 1. The maximum atomic E-state index is 12.8. The maximum absolute atomic E-state index is 12.8. The van der Waals surface area contributed by atoms with Crippen LogP contribution in [0.15, 0.2) is 39.7 Å². The van der Waals surface area contributed by atoms with Crippen LogP contribution in [0.25, 0.3) is 10.8 Å². The largest absolute Gasteiger partial charge is 0.308 e. The van der Waals surface area contributed by atoms with Crippen LogP contribution in [0.5, 0.6) is 0 Å². The minimum atomic E-state index is -0.425. The van der Waals surface area contributed by atoms with Crippen LogP contribution in [-0.4, -0.2) is 20.7 Å². The number of amides is 1. The van der Waals surface area contributed by atoms with E-state index in [2.05, 4.69) is 53.9 Å². The lowest BCUT2D eigenvalue weighted by Gasteiger charge is -2.13. The summed E-state index contributed by atoms with van der Waals surface area (Å²) in [7, 11) is 0. The van der Waals surface area contributed by atoms with Crippen molar-refractivity contribution in [3.63, 3.8) is 0 Å². The third-order valence-electron chi connectivity index (χ3n) is 3.86. The van der Waals surface area contributed by atoms with Crippen LogP contribution in [-0.2, 0) is 11.3 Å². The Morgan fingerprint density at radius 2 is 2.07 bits per heavy atom. The molecule has 0 unspecified atom stereocenters. The van der Waals surface area contributed by atoms with Gasteiger partial charge in [0.1, 0.15) is 6.54 Å². The zero-order chi connectivity index (χ0) is 19.7. The first kappa shape index (κ1) is 20.2. The van der Waals surface area contributed by atoms with E-state index in [0.29, 0.717) is 10.4 Å². The first-order valence-electron chi connectivity index (χ1n) is 8.07. The van der Waals surface area contributed by atoms with E-state index < -0.39 is 5.91 Å². The Labute approximate surface area is 182 Å². The van der Waals surface area contributed by atoms with Gasteiger partial charge in [0.25, 0.3) is 5.56 Å². The Bertz CT molecular complexity index is 1100. The lowest BCUT2D eigenvalue weighted by molar-refractivity contribution is -0.117. The van der Waals surface area contributed by atoms with Crippen molar-refractivity contribution in [1.29, 1.82) is 0 Å². The average Bonchev–Trinajstić information content (AvgIpc) is 2.59. The number of carbonyl (C=O) groups is 1. The molecule has 1 amide bonds. The quantitative estimate of drug-likeness (QED) is 0.474. The van der Waals surface area contributed by atoms with Crippen molar-refractivity contribution in [3.8, 4) is 0 Å². The van der Waals surface area contributed by atoms with E-state index in [1.165, 1.54) is 4.68 Å². The third kappa shape index (κ3) is 4.49. The van der Waals surface area contributed by atoms with Crippen molar-refractivity contribution in [2.75, 3.05) is 5.32 Å². The predicted molar refractivity (Wildman–Crippen MR) is 118 cm³/mol. The standard InChI is InChI=1S/C18H15BrClIN4O2/c1-9(2)16-13-5-10(19)3-4-12(13)18(27)25(24-16)8-15(26)23-17-14(20)6-11(21)7-22-17/h3-7,9H,8H2,1-2H3,(H,22,23,26). The van der Waals surface area contributed by atoms with E-state index in [1.54, 1.807) is 24.4 Å². The van der Waals surface area contributed by atoms with Crippen LogP contribution in [0.1, 0.15) is 25.5 Å². The molecule has 0 aliphatic rings. The summed E-state index contributed by atoms with van der Waals surface area (Å²) >= 11 is 11.6. The van der Waals surface area contributed by atoms with Gasteiger partial charge in [-0.15, -0.1) is 0 Å². The number of rotatable bonds is 4. The molecule has 0 fully saturated rings. The topological polar surface area (TPSA) is 76.9 Å². The van der Waals surface area contributed by atoms with Crippen molar-refractivity contribution < 1.29 is 4.79 Å². The molecule has 27 heavy (non-hydrogen) atoms. The molecule has 140 valence electrons. The number of hydrogen-bond donors (Lipinski definition) is 1. The molecule has 3 rings (SSSR count). The molecule has 0 saturated heterocycles. The summed E-state index contributed by atoms with van der Waals surface area (Å²) < 4.78 is 2.91. The van der Waals surface area contributed by atoms with Crippen LogP contribution >= 0.6 is 50.1 Å². The normalized spacial score (nSPS) is 11.2. The molecule has 0 aliphatic carbocycles. The molecule has 0 spiro atoms. The molecule has 0 saturated carbocycles. The maximum Gasteiger partial charge on any atom is 0.275 e. The summed E-state index contributed by atoms with van der Waals surface area (Å²) in [5, 5.41) is 8.69. The smallest absolute Gasteiger partial charge is 0.275 e. The minimum Gasteiger partial charge on any atom is -0.308 e. The number of benzene rings is 1. The lowest BCUT2D eigenvalue weighted by atomic mass is 10.0. The van der Waals surface area contributed by atoms with Crippen molar-refractivity contribution in [3.05, 3.63) is 59.6 Å². The highest BCUT2D eigenvalue weighted by atomic mass is 127. The molecule has 3 aromatic rings. The van der Waals surface area contributed by atoms with Crippen LogP contribution in [0.2, 0.25) is 5.02 Å². The van der Waals surface area contributed by atoms with E-state index >= 15 is 0 Å². The molecule has 2 heterocycles. The Morgan fingerprint density at radius 3 is 2.74 bits per heavy atom. The highest BCUT2D eigenvalue weighted by Crippen LogP contribution is 2.24. The van der Waals surface area contributed by atoms with Crippen molar-refractivity contribution >= 4 is 72.6 Å². The van der Waals surface area contributed by atoms with Gasteiger partial charge in [-0.05, 0) is 52.8 Å². The van der Waals surface area contributed by atoms with Gasteiger partial charge in [0.05, 0.1) is 16.1 Å². The average molecular weight is 562 g/mol. The Hall–Kier alpha value is -1.52. The number of carbonyl (C=O) groups excluding carboxylic acids is 1. The van der Waals surface area contributed by atoms with Gasteiger partial charge in [-0.2, -0.15) is 5.10 Å². The zero-order valence-electron chi connectivity index (χ0n) is 14.5. The summed E-state index contributed by atoms with van der Waals surface area (Å²) in [5.41, 5.74) is 0.433. The number of halogens is 3. The fourth-order valence-electron chi connectivity index (χ4n) is 2.63. The molecule has 6 nitrogen and oxygen atoms in total. The Balaban J connectivity index is 1.97. The van der Waals surface area contributed by atoms with E-state index in [0.717, 1.165) is 19.1 Å². The summed E-state index contributed by atoms with van der Waals surface area (Å²) in [4.78, 5) is 29.3. The zero-order valence-corrected chi connectivity index (χ0v) is 19.0. The predicted octanol–water partition coefficient (Wildman–Crippen LogP) is 4.57. The van der Waals surface area contributed by atoms with E-state index in [-0.39, 0.29) is 23.8 Å². The summed E-state index contributed by atoms with van der Waals surface area (Å²) in [6, 6.07) is 7.10. The van der Waals surface area contributed by atoms with Crippen molar-refractivity contribution in [2.45, 2.75) is 26.3 Å². The number of pyridine rings is 1. The Kier molecular flexibility index (Phi) is 6.17. The molecule has 1 aromatic carbocycles. The van der Waals surface area contributed by atoms with Gasteiger partial charge >= 0.3 is 0 Å². The SMILES string of the molecule is CC(C)c1nn(CC(=O)Nc2ncc(I)cc2Cl)c(=O)c2ccc(Br)cc12. The van der Waals surface area contributed by atoms with Crippen LogP contribution in [0.3, 0.4) is 0 Å². The molecule has 0 aliphatic heterocycles. The number of nitrogens with one attached hydrogen (secondary N) is 1. The summed E-state index contributed by atoms with van der Waals surface area (Å²) in [6.45, 7) is 3.76. The van der Waals surface area contributed by atoms with Crippen molar-refractivity contribution in [1.82, 2.24) is 14.8 Å². The molecular formula is C18H15BrClIN4O2. The third-order valence-corrected chi connectivity index (χ3v) is 5.23. The van der Waals surface area contributed by atoms with Gasteiger partial charge in [-0.1, -0.05) is 41.4 Å². The molecular weight excluding hydrogens is 546 g/mol. The van der Waals surface area contributed by atoms with Gasteiger partial charge in [0, 0.05) is 19.6 Å². The first-order chi connectivity index (χ1) is 12.8. The molecule has 0 bridgehead atoms. The fourth-order valence-corrected chi connectivity index (χ4v) is 3.84. The summed E-state index contributed by atoms with van der Waals surface area (Å²) in [6.07, 6.45) is 1.59. The molecule has 1 N–H and O–H groups in total. The monoisotopic (exact) mass is 560 g/mol. The van der Waals surface area contributed by atoms with Gasteiger partial charge < -0.3 is 5.32 Å². The van der Waals surface area contributed by atoms with E-state index in [9.17, 15) is 9.59 Å². The van der Waals surface area contributed by atoms with Gasteiger partial charge in [0.2, 0.25) is 5.91 Å². The minimum absolute atomic E-state index is 0.0871. The number of anilines is 1. The second-order valence-electron chi connectivity index (χ2n) is 6.22. The van der Waals surface area contributed by atoms with Gasteiger partial charge in [-0.3, -0.25) is 9.59 Å². The molecule has 0 radical (unpaired) electrons. The Morgan fingerprint density at radius 1 is 1.33 bits per heavy atom. The van der Waals surface area contributed by atoms with E-state index in [4.69, 9.17) is 11.6 Å². The van der Waals surface area contributed by atoms with Crippen LogP contribution < -0.4 is 10.9 Å². The first-order valence-corrected chi connectivity index (χ1v) is 10.3. The van der Waals surface area contributed by atoms with Crippen LogP contribution in [0.4, 0.5) is 5.82 Å². The lowest BCUT2D eigenvalue weighted by Crippen LogP contribution is -2.31.